The van der Waals surface area contributed by atoms with Gasteiger partial charge in [-0.15, -0.1) is 0 Å². The van der Waals surface area contributed by atoms with Crippen molar-refractivity contribution >= 4 is 23.7 Å². The molecule has 7 nitrogen and oxygen atoms in total. The Bertz CT molecular complexity index is 581. The Balaban J connectivity index is 1.39. The van der Waals surface area contributed by atoms with Gasteiger partial charge in [-0.05, 0) is 38.5 Å². The van der Waals surface area contributed by atoms with E-state index in [-0.39, 0.29) is 0 Å². The van der Waals surface area contributed by atoms with Crippen LogP contribution in [0.4, 0.5) is 5.95 Å². The summed E-state index contributed by atoms with van der Waals surface area (Å²) in [6.07, 6.45) is 6.21. The zero-order valence-corrected chi connectivity index (χ0v) is 17.5. The van der Waals surface area contributed by atoms with Crippen molar-refractivity contribution in [2.45, 2.75) is 31.4 Å². The largest absolute Gasteiger partial charge is 0.357 e. The number of anilines is 1. The normalized spacial score (nSPS) is 24.2. The summed E-state index contributed by atoms with van der Waals surface area (Å²) in [5.41, 5.74) is 0. The van der Waals surface area contributed by atoms with Crippen molar-refractivity contribution in [2.24, 2.45) is 4.99 Å². The van der Waals surface area contributed by atoms with Gasteiger partial charge in [0.15, 0.2) is 5.96 Å². The number of nitrogens with zero attached hydrogens (tertiary/aromatic N) is 5. The van der Waals surface area contributed by atoms with Crippen LogP contribution in [0.2, 0.25) is 0 Å². The Labute approximate surface area is 167 Å². The fraction of sp³-hybridized carbons (Fsp3) is 0.737. The zero-order chi connectivity index (χ0) is 19.0. The maximum Gasteiger partial charge on any atom is 0.225 e. The number of piperazine rings is 1. The van der Waals surface area contributed by atoms with E-state index in [1.807, 2.05) is 18.5 Å². The molecule has 1 aromatic heterocycles. The van der Waals surface area contributed by atoms with Gasteiger partial charge in [-0.1, -0.05) is 0 Å². The van der Waals surface area contributed by atoms with Crippen LogP contribution in [0.15, 0.2) is 23.5 Å². The highest BCUT2D eigenvalue weighted by Gasteiger charge is 2.29. The molecule has 1 aromatic rings. The second-order valence-electron chi connectivity index (χ2n) is 7.40. The Morgan fingerprint density at radius 2 is 2.00 bits per heavy atom. The van der Waals surface area contributed by atoms with Crippen LogP contribution < -0.4 is 15.5 Å². The van der Waals surface area contributed by atoms with Gasteiger partial charge in [-0.25, -0.2) is 9.97 Å². The molecule has 1 unspecified atom stereocenters. The van der Waals surface area contributed by atoms with Gasteiger partial charge in [0.2, 0.25) is 5.95 Å². The number of aromatic nitrogens is 2. The lowest BCUT2D eigenvalue weighted by molar-refractivity contribution is 0.260. The Morgan fingerprint density at radius 1 is 1.22 bits per heavy atom. The summed E-state index contributed by atoms with van der Waals surface area (Å²) in [5.74, 6) is 3.06. The highest BCUT2D eigenvalue weighted by molar-refractivity contribution is 8.00. The van der Waals surface area contributed by atoms with Crippen LogP contribution in [0.5, 0.6) is 0 Å². The molecular formula is C19H33N7S. The first-order valence-electron chi connectivity index (χ1n) is 10.1. The molecule has 8 heteroatoms. The van der Waals surface area contributed by atoms with Crippen LogP contribution in [0.25, 0.3) is 0 Å². The van der Waals surface area contributed by atoms with E-state index in [1.54, 1.807) is 0 Å². The fourth-order valence-corrected chi connectivity index (χ4v) is 4.73. The van der Waals surface area contributed by atoms with E-state index < -0.39 is 0 Å². The van der Waals surface area contributed by atoms with Crippen LogP contribution in [0.1, 0.15) is 26.7 Å². The molecule has 2 aliphatic rings. The summed E-state index contributed by atoms with van der Waals surface area (Å²) in [5, 5.41) is 6.88. The highest BCUT2D eigenvalue weighted by Crippen LogP contribution is 2.37. The lowest BCUT2D eigenvalue weighted by Gasteiger charge is -2.34. The summed E-state index contributed by atoms with van der Waals surface area (Å²) < 4.78 is 0.318. The first-order chi connectivity index (χ1) is 13.2. The van der Waals surface area contributed by atoms with Gasteiger partial charge in [-0.3, -0.25) is 9.89 Å². The number of aliphatic imine (C=N–C) groups is 1. The molecule has 1 atom stereocenters. The second kappa shape index (κ2) is 10.1. The second-order valence-corrected chi connectivity index (χ2v) is 9.08. The van der Waals surface area contributed by atoms with Crippen LogP contribution >= 0.6 is 11.8 Å². The molecule has 2 N–H and O–H groups in total. The molecule has 0 bridgehead atoms. The van der Waals surface area contributed by atoms with Crippen LogP contribution in [0, 0.1) is 0 Å². The molecule has 0 aliphatic carbocycles. The molecule has 150 valence electrons. The van der Waals surface area contributed by atoms with E-state index in [9.17, 15) is 0 Å². The minimum absolute atomic E-state index is 0.318. The van der Waals surface area contributed by atoms with Gasteiger partial charge in [0.05, 0.1) is 6.54 Å². The first kappa shape index (κ1) is 20.2. The standard InChI is InChI=1S/C19H33N7S/c1-3-20-17(24-16-19(2)6-4-15-27-19)21-9-10-25-11-13-26(14-12-25)18-22-7-5-8-23-18/h5,7-8H,3-4,6,9-16H2,1-2H3,(H2,20,21,24). The maximum atomic E-state index is 4.83. The fourth-order valence-electron chi connectivity index (χ4n) is 3.51. The van der Waals surface area contributed by atoms with E-state index in [4.69, 9.17) is 4.99 Å². The van der Waals surface area contributed by atoms with Crippen LogP contribution in [0.3, 0.4) is 0 Å². The van der Waals surface area contributed by atoms with Crippen molar-refractivity contribution in [1.29, 1.82) is 0 Å². The minimum Gasteiger partial charge on any atom is -0.357 e. The zero-order valence-electron chi connectivity index (χ0n) is 16.7. The third kappa shape index (κ3) is 6.24. The lowest BCUT2D eigenvalue weighted by atomic mass is 10.1. The Kier molecular flexibility index (Phi) is 7.58. The third-order valence-electron chi connectivity index (χ3n) is 5.14. The molecule has 27 heavy (non-hydrogen) atoms. The van der Waals surface area contributed by atoms with E-state index in [0.29, 0.717) is 4.75 Å². The van der Waals surface area contributed by atoms with Gasteiger partial charge >= 0.3 is 0 Å². The van der Waals surface area contributed by atoms with E-state index in [1.165, 1.54) is 18.6 Å². The number of hydrogen-bond acceptors (Lipinski definition) is 6. The van der Waals surface area contributed by atoms with E-state index in [0.717, 1.165) is 64.3 Å². The maximum absolute atomic E-state index is 4.83. The summed E-state index contributed by atoms with van der Waals surface area (Å²) >= 11 is 2.06. The summed E-state index contributed by atoms with van der Waals surface area (Å²) in [7, 11) is 0. The number of guanidine groups is 1. The Hall–Kier alpha value is -1.54. The van der Waals surface area contributed by atoms with Gasteiger partial charge in [0, 0.05) is 63.0 Å². The number of thioether (sulfide) groups is 1. The SMILES string of the molecule is CCNC(=NCC1(C)CCCS1)NCCN1CCN(c2ncccn2)CC1. The van der Waals surface area contributed by atoms with Crippen molar-refractivity contribution in [1.82, 2.24) is 25.5 Å². The number of rotatable bonds is 7. The van der Waals surface area contributed by atoms with Gasteiger partial charge < -0.3 is 15.5 Å². The molecule has 2 aliphatic heterocycles. The average molecular weight is 392 g/mol. The van der Waals surface area contributed by atoms with Crippen molar-refractivity contribution in [2.75, 3.05) is 63.0 Å². The molecule has 3 heterocycles. The van der Waals surface area contributed by atoms with E-state index in [2.05, 4.69) is 56.0 Å². The molecule has 0 spiro atoms. The first-order valence-corrected chi connectivity index (χ1v) is 11.1. The molecule has 3 rings (SSSR count). The smallest absolute Gasteiger partial charge is 0.225 e. The van der Waals surface area contributed by atoms with Crippen molar-refractivity contribution in [3.8, 4) is 0 Å². The molecule has 0 radical (unpaired) electrons. The third-order valence-corrected chi connectivity index (χ3v) is 6.67. The topological polar surface area (TPSA) is 68.7 Å². The predicted molar refractivity (Wildman–Crippen MR) is 115 cm³/mol. The lowest BCUT2D eigenvalue weighted by Crippen LogP contribution is -2.49. The highest BCUT2D eigenvalue weighted by atomic mass is 32.2. The minimum atomic E-state index is 0.318. The summed E-state index contributed by atoms with van der Waals surface area (Å²) in [6.45, 7) is 12.2. The molecular weight excluding hydrogens is 358 g/mol. The average Bonchev–Trinajstić information content (AvgIpc) is 3.14. The molecule has 0 aromatic carbocycles. The van der Waals surface area contributed by atoms with Crippen LogP contribution in [-0.4, -0.2) is 83.7 Å². The van der Waals surface area contributed by atoms with Gasteiger partial charge in [-0.2, -0.15) is 11.8 Å². The van der Waals surface area contributed by atoms with E-state index >= 15 is 0 Å². The van der Waals surface area contributed by atoms with Gasteiger partial charge in [0.25, 0.3) is 0 Å². The van der Waals surface area contributed by atoms with Crippen molar-refractivity contribution in [3.05, 3.63) is 18.5 Å². The van der Waals surface area contributed by atoms with Crippen LogP contribution in [-0.2, 0) is 0 Å². The van der Waals surface area contributed by atoms with Crippen molar-refractivity contribution in [3.63, 3.8) is 0 Å². The number of nitrogens with one attached hydrogen (secondary N) is 2. The molecule has 0 amide bonds. The number of hydrogen-bond donors (Lipinski definition) is 2. The Morgan fingerprint density at radius 3 is 2.67 bits per heavy atom. The quantitative estimate of drug-likeness (QED) is 0.538. The predicted octanol–water partition coefficient (Wildman–Crippen LogP) is 1.44. The molecule has 0 saturated carbocycles. The van der Waals surface area contributed by atoms with Crippen molar-refractivity contribution < 1.29 is 0 Å². The monoisotopic (exact) mass is 391 g/mol. The molecule has 2 saturated heterocycles. The van der Waals surface area contributed by atoms with Gasteiger partial charge in [0.1, 0.15) is 0 Å². The summed E-state index contributed by atoms with van der Waals surface area (Å²) in [4.78, 5) is 18.3. The summed E-state index contributed by atoms with van der Waals surface area (Å²) in [6, 6.07) is 1.86. The molecule has 2 fully saturated rings.